The van der Waals surface area contributed by atoms with Crippen LogP contribution in [0.2, 0.25) is 0 Å². The van der Waals surface area contributed by atoms with Crippen molar-refractivity contribution in [3.63, 3.8) is 0 Å². The molecule has 0 fully saturated rings. The van der Waals surface area contributed by atoms with Gasteiger partial charge >= 0.3 is 6.72 Å². The summed E-state index contributed by atoms with van der Waals surface area (Å²) in [6.45, 7) is 8.87. The van der Waals surface area contributed by atoms with E-state index in [4.69, 9.17) is 4.52 Å². The summed E-state index contributed by atoms with van der Waals surface area (Å²) < 4.78 is 17.7. The quantitative estimate of drug-likeness (QED) is 0.668. The zero-order valence-corrected chi connectivity index (χ0v) is 12.2. The van der Waals surface area contributed by atoms with E-state index in [1.807, 2.05) is 6.92 Å². The van der Waals surface area contributed by atoms with E-state index >= 15 is 0 Å². The second-order valence-electron chi connectivity index (χ2n) is 4.39. The van der Waals surface area contributed by atoms with Crippen LogP contribution in [0, 0.1) is 11.8 Å². The van der Waals surface area contributed by atoms with Gasteiger partial charge < -0.3 is 4.52 Å². The minimum Gasteiger partial charge on any atom is -0.310 e. The van der Waals surface area contributed by atoms with Crippen LogP contribution in [0.3, 0.4) is 0 Å². The molecule has 1 N–H and O–H groups in total. The molecule has 0 saturated heterocycles. The normalized spacial score (nSPS) is 15.9. The Labute approximate surface area is 98.0 Å². The minimum absolute atomic E-state index is 0.414. The Hall–Kier alpha value is 0.500. The van der Waals surface area contributed by atoms with Crippen LogP contribution in [-0.4, -0.2) is 18.9 Å². The number of rotatable bonds is 8. The average Bonchev–Trinajstić information content (AvgIpc) is 2.13. The molecule has 1 unspecified atom stereocenters. The smallest absolute Gasteiger partial charge is 0.310 e. The lowest BCUT2D eigenvalue weighted by Crippen LogP contribution is -2.13. The molecular formula is C10H24NO2PS. The molecule has 0 heterocycles. The Bertz CT molecular complexity index is 194. The molecule has 1 atom stereocenters. The fourth-order valence-corrected chi connectivity index (χ4v) is 5.00. The third kappa shape index (κ3) is 8.32. The fraction of sp³-hybridized carbons (Fsp3) is 1.00. The van der Waals surface area contributed by atoms with Gasteiger partial charge in [0.05, 0.1) is 6.61 Å². The van der Waals surface area contributed by atoms with Gasteiger partial charge in [0, 0.05) is 12.3 Å². The highest BCUT2D eigenvalue weighted by atomic mass is 32.7. The maximum atomic E-state index is 12.3. The van der Waals surface area contributed by atoms with Gasteiger partial charge in [0.1, 0.15) is 0 Å². The van der Waals surface area contributed by atoms with E-state index in [1.54, 1.807) is 0 Å². The van der Waals surface area contributed by atoms with Crippen molar-refractivity contribution in [2.45, 2.75) is 34.6 Å². The Balaban J connectivity index is 4.12. The average molecular weight is 253 g/mol. The van der Waals surface area contributed by atoms with Crippen molar-refractivity contribution in [3.05, 3.63) is 0 Å². The lowest BCUT2D eigenvalue weighted by Gasteiger charge is -2.20. The van der Waals surface area contributed by atoms with Gasteiger partial charge in [0.15, 0.2) is 0 Å². The number of hydrogen-bond donors (Lipinski definition) is 1. The summed E-state index contributed by atoms with van der Waals surface area (Å²) in [6.07, 6.45) is 0. The standard InChI is InChI=1S/C10H24NO2PS/c1-6-11-14(12,13-7-9(2)3)15-8-10(4)5/h9-10H,6-8H2,1-5H3,(H,11,12). The van der Waals surface area contributed by atoms with Crippen LogP contribution in [0.5, 0.6) is 0 Å². The Morgan fingerprint density at radius 2 is 1.87 bits per heavy atom. The van der Waals surface area contributed by atoms with E-state index < -0.39 is 6.72 Å². The Morgan fingerprint density at radius 1 is 1.27 bits per heavy atom. The van der Waals surface area contributed by atoms with Gasteiger partial charge in [-0.1, -0.05) is 46.0 Å². The molecule has 0 aliphatic carbocycles. The lowest BCUT2D eigenvalue weighted by molar-refractivity contribution is 0.274. The van der Waals surface area contributed by atoms with Crippen LogP contribution in [0.4, 0.5) is 0 Å². The minimum atomic E-state index is -2.66. The summed E-state index contributed by atoms with van der Waals surface area (Å²) in [6, 6.07) is 0. The van der Waals surface area contributed by atoms with Gasteiger partial charge in [-0.05, 0) is 11.8 Å². The Kier molecular flexibility index (Phi) is 7.98. The van der Waals surface area contributed by atoms with Gasteiger partial charge in [0.25, 0.3) is 0 Å². The molecule has 0 saturated carbocycles. The predicted molar refractivity (Wildman–Crippen MR) is 69.4 cm³/mol. The molecule has 0 rings (SSSR count). The highest BCUT2D eigenvalue weighted by molar-refractivity contribution is 8.56. The van der Waals surface area contributed by atoms with Gasteiger partial charge in [-0.25, -0.2) is 5.09 Å². The topological polar surface area (TPSA) is 38.3 Å². The predicted octanol–water partition coefficient (Wildman–Crippen LogP) is 3.77. The van der Waals surface area contributed by atoms with Crippen molar-refractivity contribution in [2.24, 2.45) is 11.8 Å². The summed E-state index contributed by atoms with van der Waals surface area (Å²) >= 11 is 1.42. The molecule has 0 aromatic heterocycles. The van der Waals surface area contributed by atoms with Gasteiger partial charge in [-0.15, -0.1) is 0 Å². The van der Waals surface area contributed by atoms with Gasteiger partial charge in [-0.2, -0.15) is 0 Å². The van der Waals surface area contributed by atoms with Crippen molar-refractivity contribution in [3.8, 4) is 0 Å². The van der Waals surface area contributed by atoms with Gasteiger partial charge in [-0.3, -0.25) is 4.57 Å². The summed E-state index contributed by atoms with van der Waals surface area (Å²) in [4.78, 5) is 0. The summed E-state index contributed by atoms with van der Waals surface area (Å²) in [5.74, 6) is 1.81. The van der Waals surface area contributed by atoms with Crippen LogP contribution in [0.15, 0.2) is 0 Å². The SMILES string of the molecule is CCNP(=O)(OCC(C)C)SCC(C)C. The van der Waals surface area contributed by atoms with E-state index in [2.05, 4.69) is 32.8 Å². The molecule has 0 amide bonds. The van der Waals surface area contributed by atoms with Crippen LogP contribution in [0.1, 0.15) is 34.6 Å². The summed E-state index contributed by atoms with van der Waals surface area (Å²) in [5, 5.41) is 2.97. The number of hydrogen-bond acceptors (Lipinski definition) is 3. The molecule has 0 aliphatic heterocycles. The second-order valence-corrected chi connectivity index (χ2v) is 8.77. The maximum Gasteiger partial charge on any atom is 0.326 e. The van der Waals surface area contributed by atoms with E-state index in [0.29, 0.717) is 25.0 Å². The van der Waals surface area contributed by atoms with Crippen LogP contribution < -0.4 is 5.09 Å². The van der Waals surface area contributed by atoms with Crippen molar-refractivity contribution in [1.82, 2.24) is 5.09 Å². The zero-order valence-electron chi connectivity index (χ0n) is 10.4. The lowest BCUT2D eigenvalue weighted by atomic mass is 10.2. The van der Waals surface area contributed by atoms with E-state index in [1.165, 1.54) is 11.4 Å². The molecule has 0 aliphatic rings. The fourth-order valence-electron chi connectivity index (χ4n) is 0.817. The summed E-state index contributed by atoms with van der Waals surface area (Å²) in [5.41, 5.74) is 0. The van der Waals surface area contributed by atoms with Crippen LogP contribution in [-0.2, 0) is 9.09 Å². The number of nitrogens with one attached hydrogen (secondary N) is 1. The molecule has 0 spiro atoms. The largest absolute Gasteiger partial charge is 0.326 e. The molecule has 0 bridgehead atoms. The van der Waals surface area contributed by atoms with Crippen molar-refractivity contribution in [1.29, 1.82) is 0 Å². The highest BCUT2D eigenvalue weighted by Crippen LogP contribution is 2.56. The molecule has 3 nitrogen and oxygen atoms in total. The van der Waals surface area contributed by atoms with Crippen LogP contribution >= 0.6 is 18.1 Å². The molecule has 0 aromatic rings. The Morgan fingerprint density at radius 3 is 2.27 bits per heavy atom. The zero-order chi connectivity index (χ0) is 11.9. The highest BCUT2D eigenvalue weighted by Gasteiger charge is 2.23. The molecule has 15 heavy (non-hydrogen) atoms. The molecular weight excluding hydrogens is 229 g/mol. The monoisotopic (exact) mass is 253 g/mol. The first-order valence-corrected chi connectivity index (χ1v) is 8.75. The van der Waals surface area contributed by atoms with E-state index in [9.17, 15) is 4.57 Å². The molecule has 5 heteroatoms. The van der Waals surface area contributed by atoms with Crippen LogP contribution in [0.25, 0.3) is 0 Å². The van der Waals surface area contributed by atoms with Crippen molar-refractivity contribution < 1.29 is 9.09 Å². The summed E-state index contributed by atoms with van der Waals surface area (Å²) in [7, 11) is 0. The first kappa shape index (κ1) is 15.5. The van der Waals surface area contributed by atoms with E-state index in [-0.39, 0.29) is 0 Å². The first-order chi connectivity index (χ1) is 6.89. The maximum absolute atomic E-state index is 12.3. The van der Waals surface area contributed by atoms with Gasteiger partial charge in [0.2, 0.25) is 0 Å². The van der Waals surface area contributed by atoms with E-state index in [0.717, 1.165) is 5.75 Å². The van der Waals surface area contributed by atoms with Crippen molar-refractivity contribution >= 4 is 18.1 Å². The third-order valence-electron chi connectivity index (χ3n) is 1.51. The molecule has 0 aromatic carbocycles. The second kappa shape index (κ2) is 7.72. The molecule has 92 valence electrons. The third-order valence-corrected chi connectivity index (χ3v) is 6.03. The van der Waals surface area contributed by atoms with Crippen molar-refractivity contribution in [2.75, 3.05) is 18.9 Å². The molecule has 0 radical (unpaired) electrons. The first-order valence-electron chi connectivity index (χ1n) is 5.54.